The lowest BCUT2D eigenvalue weighted by molar-refractivity contribution is 0.218. The lowest BCUT2D eigenvalue weighted by Crippen LogP contribution is -2.37. The van der Waals surface area contributed by atoms with Crippen LogP contribution in [0.25, 0.3) is 22.4 Å². The molecule has 0 bridgehead atoms. The molecule has 0 N–H and O–H groups in total. The molecule has 0 radical (unpaired) electrons. The molecular weight excluding hydrogens is 368 g/mol. The van der Waals surface area contributed by atoms with Gasteiger partial charge in [0.1, 0.15) is 16.2 Å². The van der Waals surface area contributed by atoms with Gasteiger partial charge in [-0.25, -0.2) is 14.8 Å². The molecule has 2 heterocycles. The van der Waals surface area contributed by atoms with Crippen LogP contribution in [0.5, 0.6) is 5.75 Å². The van der Waals surface area contributed by atoms with Gasteiger partial charge in [0.15, 0.2) is 11.5 Å². The average Bonchev–Trinajstić information content (AvgIpc) is 2.70. The van der Waals surface area contributed by atoms with E-state index in [1.807, 2.05) is 24.3 Å². The summed E-state index contributed by atoms with van der Waals surface area (Å²) >= 11 is 1.39. The van der Waals surface area contributed by atoms with Crippen LogP contribution < -0.4 is 16.0 Å². The van der Waals surface area contributed by atoms with E-state index >= 15 is 0 Å². The summed E-state index contributed by atoms with van der Waals surface area (Å²) in [4.78, 5) is 34.2. The number of thioether (sulfide) groups is 1. The van der Waals surface area contributed by atoms with E-state index in [0.29, 0.717) is 40.0 Å². The third-order valence-corrected chi connectivity index (χ3v) is 5.06. The van der Waals surface area contributed by atoms with E-state index < -0.39 is 11.2 Å². The first-order valence-corrected chi connectivity index (χ1v) is 9.20. The number of hydrogen-bond donors (Lipinski definition) is 0. The number of methoxy groups -OCH3 is 2. The van der Waals surface area contributed by atoms with Gasteiger partial charge in [-0.3, -0.25) is 13.9 Å². The molecule has 9 heteroatoms. The van der Waals surface area contributed by atoms with Gasteiger partial charge < -0.3 is 9.47 Å². The first-order valence-electron chi connectivity index (χ1n) is 8.21. The Kier molecular flexibility index (Phi) is 5.62. The van der Waals surface area contributed by atoms with Crippen molar-refractivity contribution in [1.82, 2.24) is 19.1 Å². The molecule has 0 atom stereocenters. The second-order valence-electron chi connectivity index (χ2n) is 5.83. The van der Waals surface area contributed by atoms with Crippen molar-refractivity contribution in [2.75, 3.05) is 26.6 Å². The van der Waals surface area contributed by atoms with E-state index in [1.165, 1.54) is 23.4 Å². The zero-order valence-electron chi connectivity index (χ0n) is 15.6. The lowest BCUT2D eigenvalue weighted by atomic mass is 10.2. The summed E-state index contributed by atoms with van der Waals surface area (Å²) in [5.41, 5.74) is 0.189. The molecule has 3 aromatic rings. The molecule has 3 rings (SSSR count). The maximum atomic E-state index is 12.7. The van der Waals surface area contributed by atoms with Crippen molar-refractivity contribution in [3.8, 4) is 17.1 Å². The number of ether oxygens (including phenoxy) is 2. The minimum Gasteiger partial charge on any atom is -0.497 e. The van der Waals surface area contributed by atoms with Gasteiger partial charge in [0.25, 0.3) is 5.56 Å². The first-order chi connectivity index (χ1) is 13.0. The smallest absolute Gasteiger partial charge is 0.332 e. The topological polar surface area (TPSA) is 88.2 Å². The van der Waals surface area contributed by atoms with Crippen LogP contribution in [0.2, 0.25) is 0 Å². The molecule has 0 unspecified atom stereocenters. The molecule has 0 saturated carbocycles. The minimum absolute atomic E-state index is 0.302. The summed E-state index contributed by atoms with van der Waals surface area (Å²) in [5.74, 6) is 1.71. The molecule has 0 fully saturated rings. The Labute approximate surface area is 159 Å². The summed E-state index contributed by atoms with van der Waals surface area (Å²) in [6, 6.07) is 7.32. The molecule has 1 aromatic carbocycles. The van der Waals surface area contributed by atoms with Crippen LogP contribution in [0, 0.1) is 0 Å². The minimum atomic E-state index is -0.435. The van der Waals surface area contributed by atoms with Gasteiger partial charge >= 0.3 is 5.69 Å². The summed E-state index contributed by atoms with van der Waals surface area (Å²) in [7, 11) is 6.24. The van der Waals surface area contributed by atoms with Gasteiger partial charge in [0.05, 0.1) is 13.7 Å². The van der Waals surface area contributed by atoms with Crippen molar-refractivity contribution in [3.05, 3.63) is 45.1 Å². The highest BCUT2D eigenvalue weighted by Crippen LogP contribution is 2.27. The predicted octanol–water partition coefficient (Wildman–Crippen LogP) is 1.44. The van der Waals surface area contributed by atoms with Gasteiger partial charge in [-0.2, -0.15) is 0 Å². The highest BCUT2D eigenvalue weighted by Gasteiger charge is 2.18. The van der Waals surface area contributed by atoms with Gasteiger partial charge in [0, 0.05) is 32.5 Å². The third-order valence-electron chi connectivity index (χ3n) is 4.12. The normalized spacial score (nSPS) is 11.1. The molecular formula is C18H20N4O4S. The molecule has 2 aromatic heterocycles. The molecule has 0 amide bonds. The highest BCUT2D eigenvalue weighted by atomic mass is 32.2. The Morgan fingerprint density at radius 3 is 2.59 bits per heavy atom. The SMILES string of the molecule is COCCSc1nc(-c2cccc(OC)c2)nc2c1c(=O)n(C)c(=O)n2C. The maximum Gasteiger partial charge on any atom is 0.332 e. The van der Waals surface area contributed by atoms with Crippen molar-refractivity contribution >= 4 is 22.8 Å². The molecule has 0 aliphatic carbocycles. The van der Waals surface area contributed by atoms with E-state index in [4.69, 9.17) is 9.47 Å². The largest absolute Gasteiger partial charge is 0.497 e. The summed E-state index contributed by atoms with van der Waals surface area (Å²) in [6.07, 6.45) is 0. The van der Waals surface area contributed by atoms with E-state index in [9.17, 15) is 9.59 Å². The number of rotatable bonds is 6. The number of hydrogen-bond acceptors (Lipinski definition) is 7. The van der Waals surface area contributed by atoms with Crippen molar-refractivity contribution in [3.63, 3.8) is 0 Å². The van der Waals surface area contributed by atoms with E-state index in [2.05, 4.69) is 9.97 Å². The monoisotopic (exact) mass is 388 g/mol. The number of aryl methyl sites for hydroxylation is 1. The van der Waals surface area contributed by atoms with Gasteiger partial charge in [-0.15, -0.1) is 11.8 Å². The standard InChI is InChI=1S/C18H20N4O4S/c1-21-15-13(17(23)22(2)18(21)24)16(27-9-8-25-3)20-14(19-15)11-6-5-7-12(10-11)26-4/h5-7,10H,8-9H2,1-4H3. The average molecular weight is 388 g/mol. The maximum absolute atomic E-state index is 12.7. The predicted molar refractivity (Wildman–Crippen MR) is 105 cm³/mol. The molecule has 0 saturated heterocycles. The highest BCUT2D eigenvalue weighted by molar-refractivity contribution is 7.99. The van der Waals surface area contributed by atoms with E-state index in [1.54, 1.807) is 21.3 Å². The Balaban J connectivity index is 2.30. The summed E-state index contributed by atoms with van der Waals surface area (Å²) in [5, 5.41) is 0.846. The quantitative estimate of drug-likeness (QED) is 0.359. The molecule has 8 nitrogen and oxygen atoms in total. The zero-order chi connectivity index (χ0) is 19.6. The number of benzene rings is 1. The van der Waals surface area contributed by atoms with Gasteiger partial charge in [0.2, 0.25) is 0 Å². The second kappa shape index (κ2) is 7.93. The fraction of sp³-hybridized carbons (Fsp3) is 0.333. The van der Waals surface area contributed by atoms with Crippen LogP contribution in [0.15, 0.2) is 38.9 Å². The Bertz CT molecular complexity index is 1110. The van der Waals surface area contributed by atoms with Crippen molar-refractivity contribution in [2.45, 2.75) is 5.03 Å². The number of aromatic nitrogens is 4. The molecule has 0 aliphatic rings. The summed E-state index contributed by atoms with van der Waals surface area (Å²) in [6.45, 7) is 0.511. The fourth-order valence-electron chi connectivity index (χ4n) is 2.65. The van der Waals surface area contributed by atoms with Crippen molar-refractivity contribution in [2.24, 2.45) is 14.1 Å². The zero-order valence-corrected chi connectivity index (χ0v) is 16.4. The first kappa shape index (κ1) is 19.1. The fourth-order valence-corrected chi connectivity index (χ4v) is 3.56. The second-order valence-corrected chi connectivity index (χ2v) is 6.91. The molecule has 0 spiro atoms. The molecule has 27 heavy (non-hydrogen) atoms. The number of nitrogens with zero attached hydrogens (tertiary/aromatic N) is 4. The van der Waals surface area contributed by atoms with E-state index in [-0.39, 0.29) is 0 Å². The van der Waals surface area contributed by atoms with Gasteiger partial charge in [-0.1, -0.05) is 12.1 Å². The van der Waals surface area contributed by atoms with Crippen molar-refractivity contribution in [1.29, 1.82) is 0 Å². The van der Waals surface area contributed by atoms with Crippen LogP contribution in [-0.4, -0.2) is 45.7 Å². The molecule has 142 valence electrons. The van der Waals surface area contributed by atoms with Gasteiger partial charge in [-0.05, 0) is 12.1 Å². The lowest BCUT2D eigenvalue weighted by Gasteiger charge is -2.12. The Morgan fingerprint density at radius 2 is 1.89 bits per heavy atom. The number of fused-ring (bicyclic) bond motifs is 1. The van der Waals surface area contributed by atoms with Crippen LogP contribution in [0.4, 0.5) is 0 Å². The van der Waals surface area contributed by atoms with E-state index in [0.717, 1.165) is 10.1 Å². The van der Waals surface area contributed by atoms with Crippen LogP contribution in [0.3, 0.4) is 0 Å². The van der Waals surface area contributed by atoms with Crippen LogP contribution in [-0.2, 0) is 18.8 Å². The molecule has 0 aliphatic heterocycles. The Morgan fingerprint density at radius 1 is 1.11 bits per heavy atom. The van der Waals surface area contributed by atoms with Crippen LogP contribution in [0.1, 0.15) is 0 Å². The van der Waals surface area contributed by atoms with Crippen LogP contribution >= 0.6 is 11.8 Å². The third kappa shape index (κ3) is 3.60. The Hall–Kier alpha value is -2.65. The van der Waals surface area contributed by atoms with Crippen molar-refractivity contribution < 1.29 is 9.47 Å². The summed E-state index contributed by atoms with van der Waals surface area (Å²) < 4.78 is 12.8.